The van der Waals surface area contributed by atoms with Gasteiger partial charge < -0.3 is 0 Å². The van der Waals surface area contributed by atoms with Crippen LogP contribution in [0.3, 0.4) is 0 Å². The predicted molar refractivity (Wildman–Crippen MR) is 57.4 cm³/mol. The third-order valence-electron chi connectivity index (χ3n) is 4.22. The summed E-state index contributed by atoms with van der Waals surface area (Å²) in [7, 11) is 0. The average Bonchev–Trinajstić information content (AvgIpc) is 2.20. The third-order valence-corrected chi connectivity index (χ3v) is 4.22. The Kier molecular flexibility index (Phi) is 3.29. The molecule has 0 spiro atoms. The first-order valence-electron chi connectivity index (χ1n) is 6.21. The Morgan fingerprint density at radius 1 is 0.692 bits per heavy atom. The molecule has 2 unspecified atom stereocenters. The van der Waals surface area contributed by atoms with Gasteiger partial charge in [0.25, 0.3) is 0 Å². The number of hydrogen-bond acceptors (Lipinski definition) is 0. The Bertz CT molecular complexity index is 144. The monoisotopic (exact) mass is 179 g/mol. The normalized spacial score (nSPS) is 37.6. The second-order valence-corrected chi connectivity index (χ2v) is 5.11. The fraction of sp³-hybridized carbons (Fsp3) is 0.923. The lowest BCUT2D eigenvalue weighted by Gasteiger charge is -2.37. The highest BCUT2D eigenvalue weighted by molar-refractivity contribution is 4.83. The minimum Gasteiger partial charge on any atom is -0.0533 e. The van der Waals surface area contributed by atoms with Gasteiger partial charge in [0.05, 0.1) is 0 Å². The molecule has 13 heavy (non-hydrogen) atoms. The first-order chi connectivity index (χ1) is 6.38. The lowest BCUT2D eigenvalue weighted by Crippen LogP contribution is -2.26. The minimum atomic E-state index is 0.789. The van der Waals surface area contributed by atoms with Gasteiger partial charge >= 0.3 is 0 Å². The number of rotatable bonds is 1. The molecular formula is C13H23. The molecule has 1 radical (unpaired) electrons. The molecule has 0 aromatic heterocycles. The van der Waals surface area contributed by atoms with Crippen LogP contribution in [0.2, 0.25) is 0 Å². The van der Waals surface area contributed by atoms with Crippen molar-refractivity contribution in [2.45, 2.75) is 57.8 Å². The van der Waals surface area contributed by atoms with E-state index in [-0.39, 0.29) is 0 Å². The van der Waals surface area contributed by atoms with E-state index in [4.69, 9.17) is 0 Å². The molecule has 0 saturated heterocycles. The van der Waals surface area contributed by atoms with Crippen LogP contribution in [0.1, 0.15) is 57.8 Å². The molecule has 0 heterocycles. The lowest BCUT2D eigenvalue weighted by molar-refractivity contribution is 0.154. The fourth-order valence-electron chi connectivity index (χ4n) is 3.42. The molecule has 0 nitrogen and oxygen atoms in total. The molecule has 0 amide bonds. The van der Waals surface area contributed by atoms with Gasteiger partial charge in [-0.3, -0.25) is 0 Å². The van der Waals surface area contributed by atoms with E-state index in [1.165, 1.54) is 57.8 Å². The van der Waals surface area contributed by atoms with Crippen LogP contribution in [0.25, 0.3) is 0 Å². The maximum absolute atomic E-state index is 4.35. The van der Waals surface area contributed by atoms with Gasteiger partial charge in [-0.15, -0.1) is 0 Å². The van der Waals surface area contributed by atoms with E-state index in [1.807, 2.05) is 0 Å². The Morgan fingerprint density at radius 3 is 2.00 bits per heavy atom. The predicted octanol–water partition coefficient (Wildman–Crippen LogP) is 4.21. The minimum absolute atomic E-state index is 0.789. The van der Waals surface area contributed by atoms with Crippen LogP contribution < -0.4 is 0 Å². The van der Waals surface area contributed by atoms with Crippen LogP contribution >= 0.6 is 0 Å². The third kappa shape index (κ3) is 2.27. The van der Waals surface area contributed by atoms with Gasteiger partial charge in [0.1, 0.15) is 0 Å². The van der Waals surface area contributed by atoms with Gasteiger partial charge in [-0.2, -0.15) is 0 Å². The molecule has 0 aliphatic heterocycles. The zero-order chi connectivity index (χ0) is 9.10. The van der Waals surface area contributed by atoms with Gasteiger partial charge in [0.15, 0.2) is 0 Å². The van der Waals surface area contributed by atoms with Gasteiger partial charge in [-0.05, 0) is 31.1 Å². The average molecular weight is 179 g/mol. The smallest absolute Gasteiger partial charge is 0.0357 e. The van der Waals surface area contributed by atoms with E-state index < -0.39 is 0 Å². The maximum Gasteiger partial charge on any atom is -0.0357 e. The molecule has 2 aliphatic carbocycles. The van der Waals surface area contributed by atoms with Crippen molar-refractivity contribution in [2.24, 2.45) is 17.8 Å². The maximum atomic E-state index is 4.35. The van der Waals surface area contributed by atoms with Crippen LogP contribution in [-0.2, 0) is 0 Å². The Labute approximate surface area is 83.1 Å². The van der Waals surface area contributed by atoms with Crippen molar-refractivity contribution >= 4 is 0 Å². The highest BCUT2D eigenvalue weighted by Gasteiger charge is 2.29. The van der Waals surface area contributed by atoms with Crippen LogP contribution in [-0.4, -0.2) is 0 Å². The summed E-state index contributed by atoms with van der Waals surface area (Å²) in [6.07, 6.45) is 13.3. The summed E-state index contributed by atoms with van der Waals surface area (Å²) in [5, 5.41) is 0. The van der Waals surface area contributed by atoms with E-state index in [0.29, 0.717) is 0 Å². The zero-order valence-corrected chi connectivity index (χ0v) is 8.80. The van der Waals surface area contributed by atoms with Gasteiger partial charge in [-0.1, -0.05) is 51.4 Å². The molecule has 0 aromatic rings. The van der Waals surface area contributed by atoms with Crippen molar-refractivity contribution in [3.63, 3.8) is 0 Å². The largest absolute Gasteiger partial charge is 0.0533 e. The molecule has 2 atom stereocenters. The summed E-state index contributed by atoms with van der Waals surface area (Å²) in [4.78, 5) is 0. The molecule has 2 saturated carbocycles. The highest BCUT2D eigenvalue weighted by atomic mass is 14.3. The first kappa shape index (κ1) is 9.55. The summed E-state index contributed by atoms with van der Waals surface area (Å²) in [5.74, 6) is 2.84. The first-order valence-corrected chi connectivity index (χ1v) is 6.21. The van der Waals surface area contributed by atoms with Gasteiger partial charge in [0.2, 0.25) is 0 Å². The van der Waals surface area contributed by atoms with Crippen molar-refractivity contribution < 1.29 is 0 Å². The SMILES string of the molecule is [CH2]C1CCCCC1C1CCCCC1. The summed E-state index contributed by atoms with van der Waals surface area (Å²) in [5.41, 5.74) is 0. The van der Waals surface area contributed by atoms with Gasteiger partial charge in [-0.25, -0.2) is 0 Å². The molecule has 2 fully saturated rings. The van der Waals surface area contributed by atoms with Crippen LogP contribution in [0.15, 0.2) is 0 Å². The van der Waals surface area contributed by atoms with E-state index in [2.05, 4.69) is 6.92 Å². The second-order valence-electron chi connectivity index (χ2n) is 5.11. The van der Waals surface area contributed by atoms with E-state index in [9.17, 15) is 0 Å². The number of hydrogen-bond donors (Lipinski definition) is 0. The molecule has 0 aromatic carbocycles. The van der Waals surface area contributed by atoms with Crippen molar-refractivity contribution in [2.75, 3.05) is 0 Å². The molecule has 0 N–H and O–H groups in total. The van der Waals surface area contributed by atoms with Crippen molar-refractivity contribution in [1.82, 2.24) is 0 Å². The second kappa shape index (κ2) is 4.48. The van der Waals surface area contributed by atoms with Crippen LogP contribution in [0.4, 0.5) is 0 Å². The zero-order valence-electron chi connectivity index (χ0n) is 8.80. The van der Waals surface area contributed by atoms with Gasteiger partial charge in [0, 0.05) is 0 Å². The summed E-state index contributed by atoms with van der Waals surface area (Å²) in [6.45, 7) is 4.35. The molecule has 0 bridgehead atoms. The standard InChI is InChI=1S/C13H23/c1-11-7-5-6-10-13(11)12-8-3-2-4-9-12/h11-13H,1-10H2. The van der Waals surface area contributed by atoms with Crippen molar-refractivity contribution in [1.29, 1.82) is 0 Å². The van der Waals surface area contributed by atoms with Crippen molar-refractivity contribution in [3.05, 3.63) is 6.92 Å². The molecule has 75 valence electrons. The lowest BCUT2D eigenvalue weighted by atomic mass is 9.69. The molecule has 0 heteroatoms. The molecule has 2 rings (SSSR count). The van der Waals surface area contributed by atoms with E-state index in [0.717, 1.165) is 17.8 Å². The van der Waals surface area contributed by atoms with E-state index in [1.54, 1.807) is 0 Å². The highest BCUT2D eigenvalue weighted by Crippen LogP contribution is 2.40. The Morgan fingerprint density at radius 2 is 1.31 bits per heavy atom. The summed E-state index contributed by atoms with van der Waals surface area (Å²) < 4.78 is 0. The summed E-state index contributed by atoms with van der Waals surface area (Å²) in [6, 6.07) is 0. The summed E-state index contributed by atoms with van der Waals surface area (Å²) >= 11 is 0. The molecule has 2 aliphatic rings. The molecular weight excluding hydrogens is 156 g/mol. The van der Waals surface area contributed by atoms with Crippen LogP contribution in [0, 0.1) is 24.7 Å². The van der Waals surface area contributed by atoms with E-state index >= 15 is 0 Å². The Balaban J connectivity index is 1.88. The quantitative estimate of drug-likeness (QED) is 0.565. The fourth-order valence-corrected chi connectivity index (χ4v) is 3.42. The van der Waals surface area contributed by atoms with Crippen LogP contribution in [0.5, 0.6) is 0 Å². The topological polar surface area (TPSA) is 0 Å². The Hall–Kier alpha value is 0. The van der Waals surface area contributed by atoms with Crippen molar-refractivity contribution in [3.8, 4) is 0 Å².